The van der Waals surface area contributed by atoms with Gasteiger partial charge < -0.3 is 11.5 Å². The number of hydrogen-bond acceptors (Lipinski definition) is 2. The maximum atomic E-state index is 13.4. The molecule has 1 aromatic carbocycles. The average molecular weight is 180 g/mol. The van der Waals surface area contributed by atoms with Crippen molar-refractivity contribution in [2.24, 2.45) is 5.73 Å². The Morgan fingerprint density at radius 2 is 2.00 bits per heavy atom. The summed E-state index contributed by atoms with van der Waals surface area (Å²) in [5.41, 5.74) is 12.1. The molecular weight excluding hydrogens is 167 g/mol. The molecule has 1 aromatic rings. The Labute approximate surface area is 76.7 Å². The zero-order valence-corrected chi connectivity index (χ0v) is 7.39. The van der Waals surface area contributed by atoms with E-state index in [1.54, 1.807) is 12.1 Å². The van der Waals surface area contributed by atoms with Crippen LogP contribution >= 0.6 is 0 Å². The Hall–Kier alpha value is -1.09. The third-order valence-electron chi connectivity index (χ3n) is 2.78. The zero-order chi connectivity index (χ0) is 9.47. The number of halogens is 1. The van der Waals surface area contributed by atoms with Gasteiger partial charge in [-0.2, -0.15) is 0 Å². The van der Waals surface area contributed by atoms with Gasteiger partial charge in [0, 0.05) is 16.8 Å². The van der Waals surface area contributed by atoms with Gasteiger partial charge in [0.2, 0.25) is 0 Å². The molecule has 0 unspecified atom stereocenters. The number of hydrogen-bond donors (Lipinski definition) is 2. The largest absolute Gasteiger partial charge is 0.399 e. The van der Waals surface area contributed by atoms with Gasteiger partial charge in [0.1, 0.15) is 5.82 Å². The van der Waals surface area contributed by atoms with Crippen LogP contribution < -0.4 is 11.5 Å². The van der Waals surface area contributed by atoms with Crippen molar-refractivity contribution in [3.8, 4) is 0 Å². The summed E-state index contributed by atoms with van der Waals surface area (Å²) in [6.45, 7) is 0. The van der Waals surface area contributed by atoms with Crippen molar-refractivity contribution in [3.63, 3.8) is 0 Å². The molecule has 4 N–H and O–H groups in total. The molecule has 70 valence electrons. The van der Waals surface area contributed by atoms with Crippen LogP contribution in [0.4, 0.5) is 10.1 Å². The monoisotopic (exact) mass is 180 g/mol. The van der Waals surface area contributed by atoms with Gasteiger partial charge in [-0.15, -0.1) is 0 Å². The fraction of sp³-hybridized carbons (Fsp3) is 0.400. The van der Waals surface area contributed by atoms with Crippen molar-refractivity contribution in [2.75, 3.05) is 5.73 Å². The summed E-state index contributed by atoms with van der Waals surface area (Å²) in [7, 11) is 0. The molecule has 0 atom stereocenters. The quantitative estimate of drug-likeness (QED) is 0.647. The van der Waals surface area contributed by atoms with Crippen LogP contribution in [0.15, 0.2) is 18.2 Å². The molecule has 0 radical (unpaired) electrons. The van der Waals surface area contributed by atoms with Crippen LogP contribution in [0, 0.1) is 5.82 Å². The first-order valence-electron chi connectivity index (χ1n) is 4.46. The minimum Gasteiger partial charge on any atom is -0.399 e. The smallest absolute Gasteiger partial charge is 0.130 e. The molecule has 0 amide bonds. The molecule has 3 heteroatoms. The summed E-state index contributed by atoms with van der Waals surface area (Å²) >= 11 is 0. The van der Waals surface area contributed by atoms with Crippen molar-refractivity contribution in [1.29, 1.82) is 0 Å². The molecule has 2 rings (SSSR count). The van der Waals surface area contributed by atoms with Crippen molar-refractivity contribution in [2.45, 2.75) is 24.8 Å². The third-order valence-corrected chi connectivity index (χ3v) is 2.78. The van der Waals surface area contributed by atoms with Gasteiger partial charge in [-0.1, -0.05) is 6.07 Å². The van der Waals surface area contributed by atoms with E-state index in [4.69, 9.17) is 11.5 Å². The second-order valence-electron chi connectivity index (χ2n) is 3.75. The lowest BCUT2D eigenvalue weighted by molar-refractivity contribution is 0.245. The van der Waals surface area contributed by atoms with Gasteiger partial charge in [0.05, 0.1) is 0 Å². The first-order chi connectivity index (χ1) is 6.12. The fourth-order valence-electron chi connectivity index (χ4n) is 1.76. The summed E-state index contributed by atoms with van der Waals surface area (Å²) in [5.74, 6) is -0.276. The lowest BCUT2D eigenvalue weighted by Crippen LogP contribution is -2.44. The number of anilines is 1. The molecule has 0 heterocycles. The Morgan fingerprint density at radius 1 is 1.31 bits per heavy atom. The molecule has 1 aliphatic rings. The van der Waals surface area contributed by atoms with E-state index in [-0.39, 0.29) is 5.82 Å². The standard InChI is InChI=1S/C10H13FN2/c11-9-6-7(12)2-3-8(9)10(13)4-1-5-10/h2-3,6H,1,4-5,12-13H2. The Bertz CT molecular complexity index is 332. The summed E-state index contributed by atoms with van der Waals surface area (Å²) in [6, 6.07) is 4.73. The van der Waals surface area contributed by atoms with Crippen LogP contribution in [0.3, 0.4) is 0 Å². The van der Waals surface area contributed by atoms with Gasteiger partial charge in [-0.3, -0.25) is 0 Å². The van der Waals surface area contributed by atoms with Gasteiger partial charge in [0.25, 0.3) is 0 Å². The number of nitrogens with two attached hydrogens (primary N) is 2. The minimum atomic E-state index is -0.433. The summed E-state index contributed by atoms with van der Waals surface area (Å²) in [5, 5.41) is 0. The first kappa shape index (κ1) is 8.51. The number of benzene rings is 1. The average Bonchev–Trinajstić information content (AvgIpc) is 2.00. The van der Waals surface area contributed by atoms with E-state index in [1.165, 1.54) is 6.07 Å². The highest BCUT2D eigenvalue weighted by molar-refractivity contribution is 5.43. The zero-order valence-electron chi connectivity index (χ0n) is 7.39. The van der Waals surface area contributed by atoms with Gasteiger partial charge in [0.15, 0.2) is 0 Å². The maximum Gasteiger partial charge on any atom is 0.130 e. The summed E-state index contributed by atoms with van der Waals surface area (Å²) in [6.07, 6.45) is 2.82. The number of nitrogen functional groups attached to an aromatic ring is 1. The molecule has 0 bridgehead atoms. The minimum absolute atomic E-state index is 0.276. The first-order valence-corrected chi connectivity index (χ1v) is 4.46. The van der Waals surface area contributed by atoms with E-state index < -0.39 is 5.54 Å². The van der Waals surface area contributed by atoms with Crippen LogP contribution in [0.25, 0.3) is 0 Å². The number of rotatable bonds is 1. The lowest BCUT2D eigenvalue weighted by atomic mass is 9.72. The van der Waals surface area contributed by atoms with Crippen LogP contribution in [-0.2, 0) is 5.54 Å². The van der Waals surface area contributed by atoms with Gasteiger partial charge >= 0.3 is 0 Å². The molecular formula is C10H13FN2. The Balaban J connectivity index is 2.40. The molecule has 0 spiro atoms. The molecule has 0 aromatic heterocycles. The van der Waals surface area contributed by atoms with Crippen molar-refractivity contribution < 1.29 is 4.39 Å². The normalized spacial score (nSPS) is 19.5. The van der Waals surface area contributed by atoms with E-state index in [0.29, 0.717) is 11.3 Å². The molecule has 1 aliphatic carbocycles. The van der Waals surface area contributed by atoms with Crippen LogP contribution in [-0.4, -0.2) is 0 Å². The SMILES string of the molecule is Nc1ccc(C2(N)CCC2)c(F)c1. The highest BCUT2D eigenvalue weighted by Gasteiger charge is 2.36. The highest BCUT2D eigenvalue weighted by Crippen LogP contribution is 2.39. The van der Waals surface area contributed by atoms with Crippen molar-refractivity contribution >= 4 is 5.69 Å². The van der Waals surface area contributed by atoms with E-state index in [0.717, 1.165) is 19.3 Å². The Kier molecular flexibility index (Phi) is 1.77. The molecule has 0 saturated heterocycles. The third kappa shape index (κ3) is 1.29. The predicted molar refractivity (Wildman–Crippen MR) is 50.5 cm³/mol. The van der Waals surface area contributed by atoms with Crippen LogP contribution in [0.5, 0.6) is 0 Å². The highest BCUT2D eigenvalue weighted by atomic mass is 19.1. The molecule has 1 fully saturated rings. The van der Waals surface area contributed by atoms with Crippen molar-refractivity contribution in [1.82, 2.24) is 0 Å². The van der Waals surface area contributed by atoms with E-state index in [2.05, 4.69) is 0 Å². The lowest BCUT2D eigenvalue weighted by Gasteiger charge is -2.38. The molecule has 13 heavy (non-hydrogen) atoms. The van der Waals surface area contributed by atoms with Crippen molar-refractivity contribution in [3.05, 3.63) is 29.6 Å². The van der Waals surface area contributed by atoms with Crippen LogP contribution in [0.2, 0.25) is 0 Å². The summed E-state index contributed by atoms with van der Waals surface area (Å²) < 4.78 is 13.4. The van der Waals surface area contributed by atoms with Gasteiger partial charge in [-0.25, -0.2) is 4.39 Å². The van der Waals surface area contributed by atoms with Crippen LogP contribution in [0.1, 0.15) is 24.8 Å². The van der Waals surface area contributed by atoms with E-state index in [9.17, 15) is 4.39 Å². The van der Waals surface area contributed by atoms with Gasteiger partial charge in [-0.05, 0) is 31.4 Å². The summed E-state index contributed by atoms with van der Waals surface area (Å²) in [4.78, 5) is 0. The second-order valence-corrected chi connectivity index (χ2v) is 3.75. The molecule has 2 nitrogen and oxygen atoms in total. The van der Waals surface area contributed by atoms with E-state index >= 15 is 0 Å². The maximum absolute atomic E-state index is 13.4. The molecule has 1 saturated carbocycles. The Morgan fingerprint density at radius 3 is 2.46 bits per heavy atom. The second kappa shape index (κ2) is 2.70. The predicted octanol–water partition coefficient (Wildman–Crippen LogP) is 1.75. The fourth-order valence-corrected chi connectivity index (χ4v) is 1.76. The topological polar surface area (TPSA) is 52.0 Å². The van der Waals surface area contributed by atoms with E-state index in [1.807, 2.05) is 0 Å². The molecule has 0 aliphatic heterocycles.